The van der Waals surface area contributed by atoms with Gasteiger partial charge in [-0.1, -0.05) is 25.1 Å². The van der Waals surface area contributed by atoms with Crippen LogP contribution in [-0.2, 0) is 0 Å². The van der Waals surface area contributed by atoms with E-state index in [0.717, 1.165) is 24.9 Å². The van der Waals surface area contributed by atoms with E-state index in [-0.39, 0.29) is 0 Å². The number of hydrogen-bond donors (Lipinski definition) is 2. The SMILES string of the molecule is CC(CNCCC1CNc2ccccc21)C1CC1. The van der Waals surface area contributed by atoms with Gasteiger partial charge in [0.25, 0.3) is 0 Å². The third kappa shape index (κ3) is 2.69. The molecule has 2 N–H and O–H groups in total. The molecule has 1 aliphatic heterocycles. The van der Waals surface area contributed by atoms with Crippen LogP contribution in [0.4, 0.5) is 5.69 Å². The van der Waals surface area contributed by atoms with Crippen molar-refractivity contribution in [1.82, 2.24) is 5.32 Å². The van der Waals surface area contributed by atoms with Gasteiger partial charge < -0.3 is 10.6 Å². The molecule has 0 radical (unpaired) electrons. The molecule has 0 spiro atoms. The predicted molar refractivity (Wildman–Crippen MR) is 77.0 cm³/mol. The van der Waals surface area contributed by atoms with Crippen molar-refractivity contribution >= 4 is 5.69 Å². The highest BCUT2D eigenvalue weighted by Gasteiger charge is 2.27. The Labute approximate surface area is 110 Å². The van der Waals surface area contributed by atoms with Crippen LogP contribution in [0.5, 0.6) is 0 Å². The number of benzene rings is 1. The average Bonchev–Trinajstić information content (AvgIpc) is 3.17. The molecule has 2 atom stereocenters. The van der Waals surface area contributed by atoms with Crippen molar-refractivity contribution in [3.8, 4) is 0 Å². The van der Waals surface area contributed by atoms with E-state index in [0.29, 0.717) is 5.92 Å². The first-order chi connectivity index (χ1) is 8.84. The summed E-state index contributed by atoms with van der Waals surface area (Å²) in [6.07, 6.45) is 4.17. The Morgan fingerprint density at radius 2 is 2.17 bits per heavy atom. The van der Waals surface area contributed by atoms with Gasteiger partial charge in [-0.2, -0.15) is 0 Å². The highest BCUT2D eigenvalue weighted by molar-refractivity contribution is 5.57. The van der Waals surface area contributed by atoms with Crippen LogP contribution >= 0.6 is 0 Å². The third-order valence-corrected chi connectivity index (χ3v) is 4.50. The summed E-state index contributed by atoms with van der Waals surface area (Å²) in [7, 11) is 0. The molecule has 1 fully saturated rings. The minimum atomic E-state index is 0.699. The largest absolute Gasteiger partial charge is 0.384 e. The minimum absolute atomic E-state index is 0.699. The zero-order valence-corrected chi connectivity index (χ0v) is 11.3. The van der Waals surface area contributed by atoms with E-state index in [9.17, 15) is 0 Å². The van der Waals surface area contributed by atoms with Gasteiger partial charge in [-0.05, 0) is 55.8 Å². The van der Waals surface area contributed by atoms with Gasteiger partial charge in [-0.25, -0.2) is 0 Å². The molecule has 2 aliphatic rings. The molecule has 1 aliphatic carbocycles. The molecule has 1 saturated carbocycles. The van der Waals surface area contributed by atoms with Crippen LogP contribution in [0.2, 0.25) is 0 Å². The Balaban J connectivity index is 1.41. The standard InChI is InChI=1S/C16H24N2/c1-12(13-6-7-13)10-17-9-8-14-11-18-16-5-3-2-4-15(14)16/h2-5,12-14,17-18H,6-11H2,1H3. The van der Waals surface area contributed by atoms with Crippen molar-refractivity contribution in [2.45, 2.75) is 32.1 Å². The van der Waals surface area contributed by atoms with Gasteiger partial charge in [0.15, 0.2) is 0 Å². The number of anilines is 1. The van der Waals surface area contributed by atoms with Gasteiger partial charge in [-0.15, -0.1) is 0 Å². The van der Waals surface area contributed by atoms with Gasteiger partial charge in [0.2, 0.25) is 0 Å². The van der Waals surface area contributed by atoms with Gasteiger partial charge in [0.1, 0.15) is 0 Å². The Hall–Kier alpha value is -1.02. The fourth-order valence-corrected chi connectivity index (χ4v) is 3.05. The number of para-hydroxylation sites is 1. The highest BCUT2D eigenvalue weighted by atomic mass is 14.9. The summed E-state index contributed by atoms with van der Waals surface area (Å²) in [4.78, 5) is 0. The van der Waals surface area contributed by atoms with Crippen LogP contribution < -0.4 is 10.6 Å². The Morgan fingerprint density at radius 3 is 3.00 bits per heavy atom. The van der Waals surface area contributed by atoms with Crippen LogP contribution in [0, 0.1) is 11.8 Å². The number of hydrogen-bond acceptors (Lipinski definition) is 2. The molecular weight excluding hydrogens is 220 g/mol. The van der Waals surface area contributed by atoms with E-state index < -0.39 is 0 Å². The molecule has 0 saturated heterocycles. The molecule has 2 heteroatoms. The molecule has 1 aromatic carbocycles. The van der Waals surface area contributed by atoms with Gasteiger partial charge in [0.05, 0.1) is 0 Å². The van der Waals surface area contributed by atoms with Gasteiger partial charge >= 0.3 is 0 Å². The Morgan fingerprint density at radius 1 is 1.33 bits per heavy atom. The molecule has 3 rings (SSSR count). The summed E-state index contributed by atoms with van der Waals surface area (Å²) in [5.74, 6) is 2.59. The molecule has 0 amide bonds. The van der Waals surface area contributed by atoms with Crippen LogP contribution in [0.1, 0.15) is 37.7 Å². The topological polar surface area (TPSA) is 24.1 Å². The summed E-state index contributed by atoms with van der Waals surface area (Å²) in [5.41, 5.74) is 2.85. The number of nitrogens with one attached hydrogen (secondary N) is 2. The number of fused-ring (bicyclic) bond motifs is 1. The molecule has 0 bridgehead atoms. The van der Waals surface area contributed by atoms with Crippen LogP contribution in [0.25, 0.3) is 0 Å². The lowest BCUT2D eigenvalue weighted by Crippen LogP contribution is -2.24. The highest BCUT2D eigenvalue weighted by Crippen LogP contribution is 2.36. The minimum Gasteiger partial charge on any atom is -0.384 e. The lowest BCUT2D eigenvalue weighted by molar-refractivity contribution is 0.453. The predicted octanol–water partition coefficient (Wildman–Crippen LogP) is 3.22. The quantitative estimate of drug-likeness (QED) is 0.751. The molecule has 1 aromatic rings. The maximum absolute atomic E-state index is 3.64. The van der Waals surface area contributed by atoms with Crippen LogP contribution in [0.3, 0.4) is 0 Å². The Bertz CT molecular complexity index is 398. The summed E-state index contributed by atoms with van der Waals surface area (Å²) in [6, 6.07) is 8.73. The summed E-state index contributed by atoms with van der Waals surface area (Å²) in [5, 5.41) is 7.14. The Kier molecular flexibility index (Phi) is 3.55. The second-order valence-corrected chi connectivity index (χ2v) is 5.97. The first-order valence-corrected chi connectivity index (χ1v) is 7.38. The zero-order chi connectivity index (χ0) is 12.4. The second kappa shape index (κ2) is 5.31. The molecule has 2 unspecified atom stereocenters. The van der Waals surface area contributed by atoms with E-state index in [1.54, 1.807) is 0 Å². The monoisotopic (exact) mass is 244 g/mol. The van der Waals surface area contributed by atoms with Gasteiger partial charge in [0, 0.05) is 18.2 Å². The van der Waals surface area contributed by atoms with Crippen LogP contribution in [0.15, 0.2) is 24.3 Å². The van der Waals surface area contributed by atoms with Crippen molar-refractivity contribution < 1.29 is 0 Å². The maximum Gasteiger partial charge on any atom is 0.0376 e. The maximum atomic E-state index is 3.64. The number of rotatable bonds is 6. The first kappa shape index (κ1) is 12.0. The molecule has 98 valence electrons. The fraction of sp³-hybridized carbons (Fsp3) is 0.625. The molecule has 2 nitrogen and oxygen atoms in total. The molecule has 18 heavy (non-hydrogen) atoms. The lowest BCUT2D eigenvalue weighted by atomic mass is 9.98. The summed E-state index contributed by atoms with van der Waals surface area (Å²) < 4.78 is 0. The van der Waals surface area contributed by atoms with Gasteiger partial charge in [-0.3, -0.25) is 0 Å². The van der Waals surface area contributed by atoms with Crippen molar-refractivity contribution in [2.24, 2.45) is 11.8 Å². The van der Waals surface area contributed by atoms with Crippen molar-refractivity contribution in [3.63, 3.8) is 0 Å². The lowest BCUT2D eigenvalue weighted by Gasteiger charge is -2.14. The summed E-state index contributed by atoms with van der Waals surface area (Å²) >= 11 is 0. The average molecular weight is 244 g/mol. The van der Waals surface area contributed by atoms with Crippen molar-refractivity contribution in [2.75, 3.05) is 25.0 Å². The van der Waals surface area contributed by atoms with E-state index >= 15 is 0 Å². The molecule has 0 aromatic heterocycles. The van der Waals surface area contributed by atoms with Crippen LogP contribution in [-0.4, -0.2) is 19.6 Å². The van der Waals surface area contributed by atoms with E-state index in [4.69, 9.17) is 0 Å². The zero-order valence-electron chi connectivity index (χ0n) is 11.3. The summed E-state index contributed by atoms with van der Waals surface area (Å²) in [6.45, 7) is 5.85. The normalized spacial score (nSPS) is 23.5. The van der Waals surface area contributed by atoms with E-state index in [2.05, 4.69) is 41.8 Å². The van der Waals surface area contributed by atoms with E-state index in [1.165, 1.54) is 37.1 Å². The van der Waals surface area contributed by atoms with Crippen molar-refractivity contribution in [1.29, 1.82) is 0 Å². The smallest absolute Gasteiger partial charge is 0.0376 e. The van der Waals surface area contributed by atoms with E-state index in [1.807, 2.05) is 0 Å². The third-order valence-electron chi connectivity index (χ3n) is 4.50. The fourth-order valence-electron chi connectivity index (χ4n) is 3.05. The first-order valence-electron chi connectivity index (χ1n) is 7.38. The molecule has 1 heterocycles. The molecular formula is C16H24N2. The van der Waals surface area contributed by atoms with Crippen molar-refractivity contribution in [3.05, 3.63) is 29.8 Å². The second-order valence-electron chi connectivity index (χ2n) is 5.97.